The van der Waals surface area contributed by atoms with Gasteiger partial charge in [0.05, 0.1) is 6.20 Å². The number of nitrogens with zero attached hydrogens (tertiary/aromatic N) is 1. The second-order valence-corrected chi connectivity index (χ2v) is 3.65. The molecule has 0 unspecified atom stereocenters. The molecule has 0 saturated heterocycles. The van der Waals surface area contributed by atoms with Crippen molar-refractivity contribution in [3.05, 3.63) is 29.7 Å². The fourth-order valence-corrected chi connectivity index (χ4v) is 1.55. The first-order valence-corrected chi connectivity index (χ1v) is 5.31. The van der Waals surface area contributed by atoms with Crippen LogP contribution in [-0.4, -0.2) is 23.3 Å². The lowest BCUT2D eigenvalue weighted by molar-refractivity contribution is 0.545. The number of aromatic amines is 1. The smallest absolute Gasteiger partial charge is 0.152 e. The van der Waals surface area contributed by atoms with Crippen molar-refractivity contribution in [1.29, 1.82) is 0 Å². The lowest BCUT2D eigenvalue weighted by Crippen LogP contribution is -2.21. The predicted octanol–water partition coefficient (Wildman–Crippen LogP) is 1.03. The van der Waals surface area contributed by atoms with E-state index in [1.165, 1.54) is 0 Å². The Bertz CT molecular complexity index is 446. The number of aryl methyl sites for hydroxylation is 1. The zero-order valence-corrected chi connectivity index (χ0v) is 9.29. The summed E-state index contributed by atoms with van der Waals surface area (Å²) in [6, 6.07) is 3.88. The fraction of sp³-hybridized carbons (Fsp3) is 0.364. The van der Waals surface area contributed by atoms with Gasteiger partial charge < -0.3 is 15.5 Å². The highest BCUT2D eigenvalue weighted by atomic mass is 16.3. The Hall–Kier alpha value is -1.59. The lowest BCUT2D eigenvalue weighted by Gasteiger charge is -2.02. The number of aromatic nitrogens is 2. The van der Waals surface area contributed by atoms with Crippen molar-refractivity contribution in [3.63, 3.8) is 0 Å². The van der Waals surface area contributed by atoms with Crippen molar-refractivity contribution in [2.75, 3.05) is 13.1 Å². The summed E-state index contributed by atoms with van der Waals surface area (Å²) in [6.07, 6.45) is 1.80. The van der Waals surface area contributed by atoms with Gasteiger partial charge in [0.15, 0.2) is 5.76 Å². The maximum atomic E-state index is 5.55. The maximum absolute atomic E-state index is 5.55. The Morgan fingerprint density at radius 2 is 2.38 bits per heavy atom. The number of furan rings is 1. The zero-order valence-electron chi connectivity index (χ0n) is 9.29. The van der Waals surface area contributed by atoms with E-state index < -0.39 is 0 Å². The van der Waals surface area contributed by atoms with Gasteiger partial charge >= 0.3 is 0 Å². The molecule has 0 aliphatic rings. The molecule has 5 nitrogen and oxygen atoms in total. The lowest BCUT2D eigenvalue weighted by atomic mass is 10.2. The summed E-state index contributed by atoms with van der Waals surface area (Å²) >= 11 is 0. The van der Waals surface area contributed by atoms with Crippen LogP contribution < -0.4 is 11.1 Å². The van der Waals surface area contributed by atoms with E-state index in [-0.39, 0.29) is 0 Å². The van der Waals surface area contributed by atoms with Crippen molar-refractivity contribution >= 4 is 0 Å². The van der Waals surface area contributed by atoms with E-state index in [2.05, 4.69) is 15.5 Å². The van der Waals surface area contributed by atoms with Crippen LogP contribution in [0.25, 0.3) is 11.5 Å². The minimum Gasteiger partial charge on any atom is -0.460 e. The van der Waals surface area contributed by atoms with Crippen LogP contribution in [0.4, 0.5) is 0 Å². The molecule has 0 aromatic carbocycles. The molecule has 5 heteroatoms. The normalized spacial score (nSPS) is 10.9. The molecule has 0 amide bonds. The molecule has 4 N–H and O–H groups in total. The molecule has 0 saturated carbocycles. The summed E-state index contributed by atoms with van der Waals surface area (Å²) in [6.45, 7) is 4.09. The van der Waals surface area contributed by atoms with Gasteiger partial charge in [-0.25, -0.2) is 0 Å². The third kappa shape index (κ3) is 2.32. The Labute approximate surface area is 94.0 Å². The van der Waals surface area contributed by atoms with Crippen LogP contribution in [0, 0.1) is 6.92 Å². The predicted molar refractivity (Wildman–Crippen MR) is 61.8 cm³/mol. The molecule has 0 fully saturated rings. The Morgan fingerprint density at radius 3 is 3.06 bits per heavy atom. The number of hydrogen-bond donors (Lipinski definition) is 3. The van der Waals surface area contributed by atoms with Crippen LogP contribution in [0.1, 0.15) is 11.3 Å². The molecule has 0 aliphatic carbocycles. The number of H-pyrrole nitrogens is 1. The molecule has 2 rings (SSSR count). The van der Waals surface area contributed by atoms with E-state index in [9.17, 15) is 0 Å². The summed E-state index contributed by atoms with van der Waals surface area (Å²) in [5.41, 5.74) is 7.43. The van der Waals surface area contributed by atoms with Gasteiger partial charge in [-0.05, 0) is 19.1 Å². The SMILES string of the molecule is Cc1ccc(-c2[nH]ncc2CNCCN)o1. The molecule has 2 aromatic heterocycles. The molecule has 0 spiro atoms. The summed E-state index contributed by atoms with van der Waals surface area (Å²) < 4.78 is 5.55. The fourth-order valence-electron chi connectivity index (χ4n) is 1.55. The van der Waals surface area contributed by atoms with Crippen LogP contribution in [0.15, 0.2) is 22.7 Å². The minimum atomic E-state index is 0.632. The molecule has 0 aliphatic heterocycles. The molecule has 0 radical (unpaired) electrons. The molecule has 2 aromatic rings. The topological polar surface area (TPSA) is 79.9 Å². The first-order chi connectivity index (χ1) is 7.81. The van der Waals surface area contributed by atoms with E-state index in [0.29, 0.717) is 6.54 Å². The average Bonchev–Trinajstić information content (AvgIpc) is 2.87. The Morgan fingerprint density at radius 1 is 1.50 bits per heavy atom. The monoisotopic (exact) mass is 220 g/mol. The number of rotatable bonds is 5. The van der Waals surface area contributed by atoms with Crippen molar-refractivity contribution in [1.82, 2.24) is 15.5 Å². The standard InChI is InChI=1S/C11H16N4O/c1-8-2-3-10(16-8)11-9(7-14-15-11)6-13-5-4-12/h2-3,7,13H,4-6,12H2,1H3,(H,14,15). The van der Waals surface area contributed by atoms with Gasteiger partial charge in [0.1, 0.15) is 11.5 Å². The van der Waals surface area contributed by atoms with E-state index in [4.69, 9.17) is 10.2 Å². The third-order valence-corrected chi connectivity index (χ3v) is 2.34. The van der Waals surface area contributed by atoms with E-state index in [1.54, 1.807) is 6.20 Å². The second-order valence-electron chi connectivity index (χ2n) is 3.65. The van der Waals surface area contributed by atoms with Gasteiger partial charge in [0.25, 0.3) is 0 Å². The van der Waals surface area contributed by atoms with Crippen molar-refractivity contribution in [3.8, 4) is 11.5 Å². The molecular formula is C11H16N4O. The first kappa shape index (κ1) is 10.9. The number of nitrogens with one attached hydrogen (secondary N) is 2. The summed E-state index contributed by atoms with van der Waals surface area (Å²) in [5, 5.41) is 10.2. The van der Waals surface area contributed by atoms with Crippen molar-refractivity contribution in [2.45, 2.75) is 13.5 Å². The summed E-state index contributed by atoms with van der Waals surface area (Å²) in [5.74, 6) is 1.71. The highest BCUT2D eigenvalue weighted by Gasteiger charge is 2.10. The second kappa shape index (κ2) is 4.96. The molecule has 0 atom stereocenters. The molecular weight excluding hydrogens is 204 g/mol. The third-order valence-electron chi connectivity index (χ3n) is 2.34. The van der Waals surface area contributed by atoms with Crippen LogP contribution in [0.5, 0.6) is 0 Å². The highest BCUT2D eigenvalue weighted by molar-refractivity contribution is 5.56. The van der Waals surface area contributed by atoms with Crippen molar-refractivity contribution in [2.24, 2.45) is 5.73 Å². The van der Waals surface area contributed by atoms with Gasteiger partial charge in [-0.1, -0.05) is 0 Å². The highest BCUT2D eigenvalue weighted by Crippen LogP contribution is 2.22. The average molecular weight is 220 g/mol. The van der Waals surface area contributed by atoms with E-state index in [0.717, 1.165) is 35.9 Å². The summed E-state index contributed by atoms with van der Waals surface area (Å²) in [7, 11) is 0. The quantitative estimate of drug-likeness (QED) is 0.657. The van der Waals surface area contributed by atoms with Crippen LogP contribution in [0.2, 0.25) is 0 Å². The van der Waals surface area contributed by atoms with Gasteiger partial charge in [0, 0.05) is 25.2 Å². The zero-order chi connectivity index (χ0) is 11.4. The number of hydrogen-bond acceptors (Lipinski definition) is 4. The van der Waals surface area contributed by atoms with E-state index >= 15 is 0 Å². The molecule has 16 heavy (non-hydrogen) atoms. The number of nitrogens with two attached hydrogens (primary N) is 1. The van der Waals surface area contributed by atoms with Gasteiger partial charge in [0.2, 0.25) is 0 Å². The maximum Gasteiger partial charge on any atom is 0.152 e. The van der Waals surface area contributed by atoms with Crippen LogP contribution >= 0.6 is 0 Å². The van der Waals surface area contributed by atoms with Crippen LogP contribution in [-0.2, 0) is 6.54 Å². The molecule has 0 bridgehead atoms. The van der Waals surface area contributed by atoms with Crippen molar-refractivity contribution < 1.29 is 4.42 Å². The first-order valence-electron chi connectivity index (χ1n) is 5.31. The van der Waals surface area contributed by atoms with E-state index in [1.807, 2.05) is 19.1 Å². The van der Waals surface area contributed by atoms with Gasteiger partial charge in [-0.15, -0.1) is 0 Å². The van der Waals surface area contributed by atoms with Gasteiger partial charge in [-0.2, -0.15) is 5.10 Å². The Balaban J connectivity index is 2.12. The molecule has 2 heterocycles. The van der Waals surface area contributed by atoms with Crippen LogP contribution in [0.3, 0.4) is 0 Å². The molecule has 86 valence electrons. The summed E-state index contributed by atoms with van der Waals surface area (Å²) in [4.78, 5) is 0. The Kier molecular flexibility index (Phi) is 3.38. The van der Waals surface area contributed by atoms with Gasteiger partial charge in [-0.3, -0.25) is 5.10 Å². The largest absolute Gasteiger partial charge is 0.460 e. The minimum absolute atomic E-state index is 0.632.